The lowest BCUT2D eigenvalue weighted by Crippen LogP contribution is -2.31. The number of rotatable bonds is 6. The van der Waals surface area contributed by atoms with E-state index in [9.17, 15) is 8.42 Å². The largest absolute Gasteiger partial charge is 0.318 e. The molecule has 0 saturated heterocycles. The van der Waals surface area contributed by atoms with Crippen molar-refractivity contribution in [1.82, 2.24) is 10.0 Å². The molecule has 2 N–H and O–H groups in total. The van der Waals surface area contributed by atoms with Crippen LogP contribution in [0.5, 0.6) is 0 Å². The van der Waals surface area contributed by atoms with Crippen LogP contribution in [0.4, 0.5) is 0 Å². The van der Waals surface area contributed by atoms with Gasteiger partial charge in [-0.05, 0) is 19.5 Å². The van der Waals surface area contributed by atoms with Gasteiger partial charge < -0.3 is 5.32 Å². The fourth-order valence-corrected chi connectivity index (χ4v) is 2.54. The van der Waals surface area contributed by atoms with Crippen LogP contribution in [0.3, 0.4) is 0 Å². The number of sulfonamides is 1. The second kappa shape index (κ2) is 5.98. The Kier molecular flexibility index (Phi) is 4.92. The van der Waals surface area contributed by atoms with Gasteiger partial charge in [0.15, 0.2) is 0 Å². The summed E-state index contributed by atoms with van der Waals surface area (Å²) < 4.78 is 25.8. The number of hydrogen-bond acceptors (Lipinski definition) is 3. The van der Waals surface area contributed by atoms with Gasteiger partial charge in [0.2, 0.25) is 10.0 Å². The highest BCUT2D eigenvalue weighted by atomic mass is 32.2. The number of likely N-dealkylation sites (N-methyl/N-ethyl adjacent to an activating group) is 1. The predicted octanol–water partition coefficient (Wildman–Crippen LogP) is 0.634. The van der Waals surface area contributed by atoms with Gasteiger partial charge in [-0.3, -0.25) is 0 Å². The zero-order chi connectivity index (χ0) is 12.0. The van der Waals surface area contributed by atoms with Gasteiger partial charge in [-0.1, -0.05) is 29.8 Å². The van der Waals surface area contributed by atoms with Crippen LogP contribution >= 0.6 is 0 Å². The van der Waals surface area contributed by atoms with Crippen LogP contribution in [-0.4, -0.2) is 28.6 Å². The average molecular weight is 242 g/mol. The van der Waals surface area contributed by atoms with Crippen molar-refractivity contribution in [3.63, 3.8) is 0 Å². The van der Waals surface area contributed by atoms with Crippen molar-refractivity contribution in [1.29, 1.82) is 0 Å². The summed E-state index contributed by atoms with van der Waals surface area (Å²) in [5.74, 6) is 0.0401. The second-order valence-electron chi connectivity index (χ2n) is 3.75. The smallest absolute Gasteiger partial charge is 0.215 e. The molecule has 0 aromatic heterocycles. The van der Waals surface area contributed by atoms with Gasteiger partial charge in [0.1, 0.15) is 0 Å². The lowest BCUT2D eigenvalue weighted by Gasteiger charge is -2.06. The maximum Gasteiger partial charge on any atom is 0.215 e. The van der Waals surface area contributed by atoms with Gasteiger partial charge in [-0.15, -0.1) is 0 Å². The monoisotopic (exact) mass is 242 g/mol. The van der Waals surface area contributed by atoms with Crippen LogP contribution in [0.15, 0.2) is 24.3 Å². The number of hydrogen-bond donors (Lipinski definition) is 2. The number of aryl methyl sites for hydroxylation is 1. The molecule has 0 amide bonds. The van der Waals surface area contributed by atoms with E-state index in [0.717, 1.165) is 11.1 Å². The van der Waals surface area contributed by atoms with E-state index in [1.807, 2.05) is 31.2 Å². The molecule has 0 radical (unpaired) electrons. The zero-order valence-corrected chi connectivity index (χ0v) is 10.5. The molecule has 0 unspecified atom stereocenters. The minimum Gasteiger partial charge on any atom is -0.318 e. The first-order chi connectivity index (χ1) is 7.53. The zero-order valence-electron chi connectivity index (χ0n) is 9.66. The fraction of sp³-hybridized carbons (Fsp3) is 0.455. The summed E-state index contributed by atoms with van der Waals surface area (Å²) in [5, 5.41) is 2.89. The maximum absolute atomic E-state index is 11.6. The van der Waals surface area contributed by atoms with Crippen LogP contribution in [0.25, 0.3) is 0 Å². The molecule has 0 atom stereocenters. The van der Waals surface area contributed by atoms with Crippen molar-refractivity contribution in [2.24, 2.45) is 0 Å². The summed E-state index contributed by atoms with van der Waals surface area (Å²) in [5.41, 5.74) is 1.89. The molecule has 0 bridgehead atoms. The molecule has 0 saturated carbocycles. The highest BCUT2D eigenvalue weighted by molar-refractivity contribution is 7.88. The van der Waals surface area contributed by atoms with Crippen molar-refractivity contribution in [2.45, 2.75) is 12.7 Å². The van der Waals surface area contributed by atoms with Crippen molar-refractivity contribution < 1.29 is 8.42 Å². The molecule has 1 aromatic carbocycles. The van der Waals surface area contributed by atoms with Crippen LogP contribution in [0.2, 0.25) is 0 Å². The molecule has 0 aliphatic heterocycles. The van der Waals surface area contributed by atoms with E-state index in [1.165, 1.54) is 0 Å². The Bertz CT molecular complexity index is 429. The summed E-state index contributed by atoms with van der Waals surface area (Å²) in [6, 6.07) is 7.53. The van der Waals surface area contributed by atoms with Crippen molar-refractivity contribution >= 4 is 10.0 Å². The third-order valence-electron chi connectivity index (χ3n) is 2.14. The molecule has 0 aliphatic rings. The third kappa shape index (κ3) is 4.74. The van der Waals surface area contributed by atoms with E-state index >= 15 is 0 Å². The second-order valence-corrected chi connectivity index (χ2v) is 5.55. The fourth-order valence-electron chi connectivity index (χ4n) is 1.40. The van der Waals surface area contributed by atoms with Crippen LogP contribution in [0, 0.1) is 6.92 Å². The van der Waals surface area contributed by atoms with Crippen molar-refractivity contribution in [3.05, 3.63) is 35.4 Å². The molecular weight excluding hydrogens is 224 g/mol. The highest BCUT2D eigenvalue weighted by Gasteiger charge is 2.10. The molecule has 16 heavy (non-hydrogen) atoms. The first kappa shape index (κ1) is 13.2. The Labute approximate surface area is 97.1 Å². The summed E-state index contributed by atoms with van der Waals surface area (Å²) in [7, 11) is -1.43. The van der Waals surface area contributed by atoms with Gasteiger partial charge in [-0.25, -0.2) is 13.1 Å². The summed E-state index contributed by atoms with van der Waals surface area (Å²) in [6.45, 7) is 3.00. The summed E-state index contributed by atoms with van der Waals surface area (Å²) >= 11 is 0. The Hall–Kier alpha value is -0.910. The highest BCUT2D eigenvalue weighted by Crippen LogP contribution is 2.07. The minimum atomic E-state index is -3.21. The topological polar surface area (TPSA) is 58.2 Å². The van der Waals surface area contributed by atoms with E-state index in [0.29, 0.717) is 13.1 Å². The standard InChI is InChI=1S/C11H18N2O2S/c1-10-4-3-5-11(8-10)9-16(14,15)13-7-6-12-2/h3-5,8,12-13H,6-7,9H2,1-2H3. The lowest BCUT2D eigenvalue weighted by atomic mass is 10.2. The Morgan fingerprint density at radius 1 is 1.25 bits per heavy atom. The van der Waals surface area contributed by atoms with E-state index in [4.69, 9.17) is 0 Å². The van der Waals surface area contributed by atoms with Crippen LogP contribution in [0.1, 0.15) is 11.1 Å². The lowest BCUT2D eigenvalue weighted by molar-refractivity contribution is 0.578. The molecule has 4 nitrogen and oxygen atoms in total. The number of benzene rings is 1. The number of nitrogens with one attached hydrogen (secondary N) is 2. The Balaban J connectivity index is 2.59. The van der Waals surface area contributed by atoms with E-state index in [1.54, 1.807) is 7.05 Å². The van der Waals surface area contributed by atoms with E-state index in [-0.39, 0.29) is 5.75 Å². The molecule has 0 aliphatic carbocycles. The van der Waals surface area contributed by atoms with E-state index < -0.39 is 10.0 Å². The summed E-state index contributed by atoms with van der Waals surface area (Å²) in [6.07, 6.45) is 0. The first-order valence-corrected chi connectivity index (χ1v) is 6.86. The third-order valence-corrected chi connectivity index (χ3v) is 3.49. The SMILES string of the molecule is CNCCNS(=O)(=O)Cc1cccc(C)c1. The van der Waals surface area contributed by atoms with Gasteiger partial charge in [0.05, 0.1) is 5.75 Å². The predicted molar refractivity (Wildman–Crippen MR) is 65.7 cm³/mol. The van der Waals surface area contributed by atoms with Crippen LogP contribution in [-0.2, 0) is 15.8 Å². The van der Waals surface area contributed by atoms with E-state index in [2.05, 4.69) is 10.0 Å². The molecule has 1 aromatic rings. The molecule has 90 valence electrons. The molecule has 0 heterocycles. The maximum atomic E-state index is 11.6. The minimum absolute atomic E-state index is 0.0401. The van der Waals surface area contributed by atoms with Crippen molar-refractivity contribution in [3.8, 4) is 0 Å². The van der Waals surface area contributed by atoms with Gasteiger partial charge >= 0.3 is 0 Å². The Morgan fingerprint density at radius 3 is 2.62 bits per heavy atom. The molecule has 0 fully saturated rings. The molecular formula is C11H18N2O2S. The van der Waals surface area contributed by atoms with Crippen molar-refractivity contribution in [2.75, 3.05) is 20.1 Å². The van der Waals surface area contributed by atoms with Gasteiger partial charge in [-0.2, -0.15) is 0 Å². The Morgan fingerprint density at radius 2 is 2.00 bits per heavy atom. The first-order valence-electron chi connectivity index (χ1n) is 5.21. The molecule has 0 spiro atoms. The average Bonchev–Trinajstić information content (AvgIpc) is 2.17. The summed E-state index contributed by atoms with van der Waals surface area (Å²) in [4.78, 5) is 0. The molecule has 1 rings (SSSR count). The van der Waals surface area contributed by atoms with Gasteiger partial charge in [0.25, 0.3) is 0 Å². The quantitative estimate of drug-likeness (QED) is 0.720. The normalized spacial score (nSPS) is 11.6. The molecule has 5 heteroatoms. The van der Waals surface area contributed by atoms with Crippen LogP contribution < -0.4 is 10.0 Å². The van der Waals surface area contributed by atoms with Gasteiger partial charge in [0, 0.05) is 13.1 Å².